The molecule has 4 nitrogen and oxygen atoms in total. The van der Waals surface area contributed by atoms with Crippen LogP contribution in [0.15, 0.2) is 48.6 Å². The molecule has 0 atom stereocenters. The van der Waals surface area contributed by atoms with E-state index in [0.29, 0.717) is 5.56 Å². The Balaban J connectivity index is 1.96. The summed E-state index contributed by atoms with van der Waals surface area (Å²) in [5.74, 6) is 0.438. The summed E-state index contributed by atoms with van der Waals surface area (Å²) in [6, 6.07) is 11.7. The van der Waals surface area contributed by atoms with E-state index < -0.39 is 0 Å². The van der Waals surface area contributed by atoms with Gasteiger partial charge in [-0.15, -0.1) is 0 Å². The number of aromatic nitrogens is 1. The average molecular weight is 304 g/mol. The molecule has 0 spiro atoms. The standard InChI is InChI=1S/C19H16N2O2/c22-15-8-9-16(23)19-18(15)14(13-6-2-1-3-7-13)12-17(20-19)21-10-4-5-11-21/h1-3,6-9,12H,4-5,10-11H2. The number of pyridine rings is 1. The highest BCUT2D eigenvalue weighted by Crippen LogP contribution is 2.33. The summed E-state index contributed by atoms with van der Waals surface area (Å²) >= 11 is 0. The molecule has 23 heavy (non-hydrogen) atoms. The van der Waals surface area contributed by atoms with E-state index in [9.17, 15) is 9.59 Å². The predicted octanol–water partition coefficient (Wildman–Crippen LogP) is 3.28. The minimum atomic E-state index is -0.196. The van der Waals surface area contributed by atoms with Crippen molar-refractivity contribution < 1.29 is 9.59 Å². The van der Waals surface area contributed by atoms with Gasteiger partial charge in [0, 0.05) is 13.1 Å². The van der Waals surface area contributed by atoms with Crippen LogP contribution < -0.4 is 4.90 Å². The first-order valence-electron chi connectivity index (χ1n) is 7.86. The molecule has 0 amide bonds. The van der Waals surface area contributed by atoms with Crippen molar-refractivity contribution in [3.05, 3.63) is 59.8 Å². The Hall–Kier alpha value is -2.75. The fourth-order valence-corrected chi connectivity index (χ4v) is 3.23. The second-order valence-electron chi connectivity index (χ2n) is 5.87. The zero-order chi connectivity index (χ0) is 15.8. The van der Waals surface area contributed by atoms with Gasteiger partial charge in [-0.3, -0.25) is 9.59 Å². The SMILES string of the molecule is O=C1C=CC(=O)c2c(-c3ccccc3)cc(N3CCCC3)nc21. The van der Waals surface area contributed by atoms with Gasteiger partial charge in [0.1, 0.15) is 11.5 Å². The third-order valence-electron chi connectivity index (χ3n) is 4.39. The van der Waals surface area contributed by atoms with Gasteiger partial charge in [0.25, 0.3) is 0 Å². The van der Waals surface area contributed by atoms with Crippen molar-refractivity contribution >= 4 is 17.4 Å². The molecule has 0 radical (unpaired) electrons. The van der Waals surface area contributed by atoms with Crippen LogP contribution in [0.2, 0.25) is 0 Å². The lowest BCUT2D eigenvalue weighted by molar-refractivity contribution is 0.0991. The van der Waals surface area contributed by atoms with Gasteiger partial charge in [-0.25, -0.2) is 4.98 Å². The monoisotopic (exact) mass is 304 g/mol. The number of carbonyl (C=O) groups is 2. The number of fused-ring (bicyclic) bond motifs is 1. The van der Waals surface area contributed by atoms with Crippen LogP contribution in [0.4, 0.5) is 5.82 Å². The summed E-state index contributed by atoms with van der Waals surface area (Å²) in [5, 5.41) is 0. The molecule has 1 aliphatic heterocycles. The number of ketones is 2. The van der Waals surface area contributed by atoms with Crippen LogP contribution in [0.1, 0.15) is 33.7 Å². The van der Waals surface area contributed by atoms with E-state index in [1.807, 2.05) is 36.4 Å². The minimum absolute atomic E-state index is 0.154. The van der Waals surface area contributed by atoms with E-state index in [2.05, 4.69) is 9.88 Å². The van der Waals surface area contributed by atoms with Crippen molar-refractivity contribution in [1.82, 2.24) is 4.98 Å². The van der Waals surface area contributed by atoms with Crippen molar-refractivity contribution in [3.63, 3.8) is 0 Å². The van der Waals surface area contributed by atoms with Crippen LogP contribution in [-0.4, -0.2) is 29.6 Å². The molecular weight excluding hydrogens is 288 g/mol. The minimum Gasteiger partial charge on any atom is -0.357 e. The molecule has 1 fully saturated rings. The lowest BCUT2D eigenvalue weighted by Gasteiger charge is -2.21. The first kappa shape index (κ1) is 13.9. The molecule has 0 saturated carbocycles. The van der Waals surface area contributed by atoms with E-state index in [1.54, 1.807) is 0 Å². The maximum atomic E-state index is 12.4. The quantitative estimate of drug-likeness (QED) is 0.854. The molecule has 1 aromatic carbocycles. The molecule has 2 aromatic rings. The number of hydrogen-bond donors (Lipinski definition) is 0. The summed E-state index contributed by atoms with van der Waals surface area (Å²) < 4.78 is 0. The Labute approximate surface area is 134 Å². The van der Waals surface area contributed by atoms with Crippen molar-refractivity contribution in [2.75, 3.05) is 18.0 Å². The molecule has 0 bridgehead atoms. The van der Waals surface area contributed by atoms with Gasteiger partial charge in [-0.2, -0.15) is 0 Å². The Morgan fingerprint density at radius 1 is 0.913 bits per heavy atom. The number of benzene rings is 1. The second-order valence-corrected chi connectivity index (χ2v) is 5.87. The molecule has 0 N–H and O–H groups in total. The number of nitrogens with zero attached hydrogens (tertiary/aromatic N) is 2. The van der Waals surface area contributed by atoms with Crippen molar-refractivity contribution in [2.45, 2.75) is 12.8 Å². The van der Waals surface area contributed by atoms with Crippen molar-refractivity contribution in [1.29, 1.82) is 0 Å². The molecule has 1 saturated heterocycles. The molecule has 1 aliphatic carbocycles. The van der Waals surface area contributed by atoms with Gasteiger partial charge in [-0.1, -0.05) is 30.3 Å². The third-order valence-corrected chi connectivity index (χ3v) is 4.39. The van der Waals surface area contributed by atoms with E-state index >= 15 is 0 Å². The molecule has 0 unspecified atom stereocenters. The van der Waals surface area contributed by atoms with E-state index in [-0.39, 0.29) is 17.3 Å². The molecule has 2 heterocycles. The second kappa shape index (κ2) is 5.47. The summed E-state index contributed by atoms with van der Waals surface area (Å²) in [6.45, 7) is 1.88. The van der Waals surface area contributed by atoms with Crippen LogP contribution in [-0.2, 0) is 0 Å². The molecule has 4 rings (SSSR count). The summed E-state index contributed by atoms with van der Waals surface area (Å²) in [4.78, 5) is 31.3. The van der Waals surface area contributed by atoms with Gasteiger partial charge >= 0.3 is 0 Å². The zero-order valence-corrected chi connectivity index (χ0v) is 12.7. The molecule has 4 heteroatoms. The van der Waals surface area contributed by atoms with Crippen LogP contribution in [0.5, 0.6) is 0 Å². The zero-order valence-electron chi connectivity index (χ0n) is 12.7. The largest absolute Gasteiger partial charge is 0.357 e. The van der Waals surface area contributed by atoms with Crippen molar-refractivity contribution in [3.8, 4) is 11.1 Å². The van der Waals surface area contributed by atoms with Gasteiger partial charge in [0.05, 0.1) is 5.56 Å². The van der Waals surface area contributed by atoms with Gasteiger partial charge in [-0.05, 0) is 42.2 Å². The van der Waals surface area contributed by atoms with Crippen LogP contribution in [0, 0.1) is 0 Å². The van der Waals surface area contributed by atoms with E-state index in [1.165, 1.54) is 12.2 Å². The normalized spacial score (nSPS) is 16.8. The van der Waals surface area contributed by atoms with Gasteiger partial charge < -0.3 is 4.90 Å². The Morgan fingerprint density at radius 3 is 2.35 bits per heavy atom. The van der Waals surface area contributed by atoms with Crippen LogP contribution >= 0.6 is 0 Å². The summed E-state index contributed by atoms with van der Waals surface area (Å²) in [7, 11) is 0. The topological polar surface area (TPSA) is 50.3 Å². The lowest BCUT2D eigenvalue weighted by Crippen LogP contribution is -2.23. The number of rotatable bonds is 2. The number of carbonyl (C=O) groups excluding carboxylic acids is 2. The van der Waals surface area contributed by atoms with Gasteiger partial charge in [0.2, 0.25) is 5.78 Å². The smallest absolute Gasteiger partial charge is 0.205 e. The Kier molecular flexibility index (Phi) is 3.30. The van der Waals surface area contributed by atoms with E-state index in [0.717, 1.165) is 42.9 Å². The maximum Gasteiger partial charge on any atom is 0.205 e. The van der Waals surface area contributed by atoms with E-state index in [4.69, 9.17) is 0 Å². The first-order chi connectivity index (χ1) is 11.2. The number of allylic oxidation sites excluding steroid dienone is 2. The molecular formula is C19H16N2O2. The molecule has 1 aromatic heterocycles. The highest BCUT2D eigenvalue weighted by molar-refractivity contribution is 6.23. The molecule has 2 aliphatic rings. The number of anilines is 1. The molecule has 114 valence electrons. The maximum absolute atomic E-state index is 12.4. The Morgan fingerprint density at radius 2 is 1.61 bits per heavy atom. The fraction of sp³-hybridized carbons (Fsp3) is 0.211. The van der Waals surface area contributed by atoms with Gasteiger partial charge in [0.15, 0.2) is 5.78 Å². The number of hydrogen-bond acceptors (Lipinski definition) is 4. The summed E-state index contributed by atoms with van der Waals surface area (Å²) in [5.41, 5.74) is 2.43. The summed E-state index contributed by atoms with van der Waals surface area (Å²) in [6.07, 6.45) is 4.92. The average Bonchev–Trinajstić information content (AvgIpc) is 3.13. The van der Waals surface area contributed by atoms with Crippen molar-refractivity contribution in [2.24, 2.45) is 0 Å². The highest BCUT2D eigenvalue weighted by Gasteiger charge is 2.27. The Bertz CT molecular complexity index is 819. The third kappa shape index (κ3) is 2.36. The predicted molar refractivity (Wildman–Crippen MR) is 88.9 cm³/mol. The lowest BCUT2D eigenvalue weighted by atomic mass is 9.91. The van der Waals surface area contributed by atoms with Crippen LogP contribution in [0.3, 0.4) is 0 Å². The highest BCUT2D eigenvalue weighted by atomic mass is 16.1. The fourth-order valence-electron chi connectivity index (χ4n) is 3.23. The van der Waals surface area contributed by atoms with Crippen LogP contribution in [0.25, 0.3) is 11.1 Å². The first-order valence-corrected chi connectivity index (χ1v) is 7.86.